The molecule has 2 rings (SSSR count). The van der Waals surface area contributed by atoms with Gasteiger partial charge in [0.1, 0.15) is 0 Å². The van der Waals surface area contributed by atoms with E-state index in [-0.39, 0.29) is 11.8 Å². The molecule has 4 heteroatoms. The number of hydrogen-bond acceptors (Lipinski definition) is 3. The van der Waals surface area contributed by atoms with E-state index in [2.05, 4.69) is 5.32 Å². The lowest BCUT2D eigenvalue weighted by atomic mass is 10.1. The summed E-state index contributed by atoms with van der Waals surface area (Å²) in [5, 5.41) is 2.18. The molecule has 0 unspecified atom stereocenters. The highest BCUT2D eigenvalue weighted by Crippen LogP contribution is 2.17. The summed E-state index contributed by atoms with van der Waals surface area (Å²) in [4.78, 5) is 22.1. The minimum absolute atomic E-state index is 0.352. The van der Waals surface area contributed by atoms with Crippen molar-refractivity contribution in [3.05, 3.63) is 29.3 Å². The quantitative estimate of drug-likeness (QED) is 0.479. The number of rotatable bonds is 0. The zero-order chi connectivity index (χ0) is 10.7. The minimum atomic E-state index is -0.373. The summed E-state index contributed by atoms with van der Waals surface area (Å²) in [5.41, 5.74) is 6.69. The highest BCUT2D eigenvalue weighted by Gasteiger charge is 2.25. The third-order valence-corrected chi connectivity index (χ3v) is 1.76. The van der Waals surface area contributed by atoms with Gasteiger partial charge in [-0.05, 0) is 18.2 Å². The average molecular weight is 192 g/mol. The van der Waals surface area contributed by atoms with E-state index >= 15 is 0 Å². The number of hydrogen-bond donors (Lipinski definition) is 2. The summed E-state index contributed by atoms with van der Waals surface area (Å²) < 4.78 is 0. The van der Waals surface area contributed by atoms with E-state index in [1.165, 1.54) is 6.07 Å². The maximum Gasteiger partial charge on any atom is 0.259 e. The molecule has 1 aliphatic rings. The largest absolute Gasteiger partial charge is 0.399 e. The van der Waals surface area contributed by atoms with Crippen LogP contribution in [0.5, 0.6) is 0 Å². The maximum atomic E-state index is 11.0. The number of nitrogens with two attached hydrogens (primary N) is 1. The third-order valence-electron chi connectivity index (χ3n) is 1.76. The molecule has 0 radical (unpaired) electrons. The van der Waals surface area contributed by atoms with Crippen LogP contribution in [0.3, 0.4) is 0 Å². The second-order valence-corrected chi connectivity index (χ2v) is 2.59. The Balaban J connectivity index is 0.000000461. The van der Waals surface area contributed by atoms with Gasteiger partial charge in [0.2, 0.25) is 0 Å². The van der Waals surface area contributed by atoms with Crippen molar-refractivity contribution in [2.24, 2.45) is 0 Å². The standard InChI is InChI=1S/C8H6N2O2.C2H6/c9-4-1-2-5-6(3-4)8(12)10-7(5)11;1-2/h1-3H,9H2,(H,10,11,12);1-2H3. The lowest BCUT2D eigenvalue weighted by Crippen LogP contribution is -2.19. The molecule has 4 nitrogen and oxygen atoms in total. The first-order chi connectivity index (χ1) is 6.68. The highest BCUT2D eigenvalue weighted by atomic mass is 16.2. The molecule has 0 bridgehead atoms. The molecule has 1 aliphatic heterocycles. The molecule has 0 fully saturated rings. The fraction of sp³-hybridized carbons (Fsp3) is 0.200. The van der Waals surface area contributed by atoms with Crippen molar-refractivity contribution in [2.45, 2.75) is 13.8 Å². The molecule has 0 saturated carbocycles. The van der Waals surface area contributed by atoms with Gasteiger partial charge in [0.15, 0.2) is 0 Å². The topological polar surface area (TPSA) is 72.2 Å². The Kier molecular flexibility index (Phi) is 2.86. The maximum absolute atomic E-state index is 11.0. The second-order valence-electron chi connectivity index (χ2n) is 2.59. The van der Waals surface area contributed by atoms with E-state index in [1.807, 2.05) is 13.8 Å². The zero-order valence-corrected chi connectivity index (χ0v) is 8.13. The van der Waals surface area contributed by atoms with Crippen molar-refractivity contribution < 1.29 is 9.59 Å². The molecule has 0 aliphatic carbocycles. The molecule has 14 heavy (non-hydrogen) atoms. The Bertz CT molecular complexity index is 386. The molecule has 0 aromatic heterocycles. The Labute approximate surface area is 82.1 Å². The van der Waals surface area contributed by atoms with Crippen LogP contribution in [0.2, 0.25) is 0 Å². The molecule has 1 aromatic carbocycles. The first-order valence-electron chi connectivity index (χ1n) is 4.43. The fourth-order valence-corrected chi connectivity index (χ4v) is 1.19. The summed E-state index contributed by atoms with van der Waals surface area (Å²) in [5.74, 6) is -0.725. The van der Waals surface area contributed by atoms with Crippen LogP contribution >= 0.6 is 0 Å². The monoisotopic (exact) mass is 192 g/mol. The highest BCUT2D eigenvalue weighted by molar-refractivity contribution is 6.21. The van der Waals surface area contributed by atoms with Gasteiger partial charge in [-0.3, -0.25) is 14.9 Å². The Hall–Kier alpha value is -1.84. The molecule has 74 valence electrons. The Morgan fingerprint density at radius 2 is 1.64 bits per heavy atom. The Morgan fingerprint density at radius 3 is 2.29 bits per heavy atom. The van der Waals surface area contributed by atoms with Crippen LogP contribution in [0.4, 0.5) is 5.69 Å². The van der Waals surface area contributed by atoms with Gasteiger partial charge in [0.05, 0.1) is 11.1 Å². The van der Waals surface area contributed by atoms with Crippen molar-refractivity contribution in [2.75, 3.05) is 5.73 Å². The van der Waals surface area contributed by atoms with Gasteiger partial charge < -0.3 is 5.73 Å². The van der Waals surface area contributed by atoms with E-state index in [0.717, 1.165) is 0 Å². The van der Waals surface area contributed by atoms with Gasteiger partial charge in [0, 0.05) is 5.69 Å². The molecular formula is C10H12N2O2. The number of fused-ring (bicyclic) bond motifs is 1. The molecule has 2 amide bonds. The summed E-state index contributed by atoms with van der Waals surface area (Å²) in [6, 6.07) is 4.64. The third kappa shape index (κ3) is 1.59. The van der Waals surface area contributed by atoms with Crippen molar-refractivity contribution in [3.8, 4) is 0 Å². The van der Waals surface area contributed by atoms with Gasteiger partial charge in [-0.15, -0.1) is 0 Å². The molecule has 0 spiro atoms. The van der Waals surface area contributed by atoms with Crippen LogP contribution in [0.25, 0.3) is 0 Å². The normalized spacial score (nSPS) is 12.7. The molecule has 0 atom stereocenters. The summed E-state index contributed by atoms with van der Waals surface area (Å²) in [6.07, 6.45) is 0. The van der Waals surface area contributed by atoms with Crippen LogP contribution in [0.1, 0.15) is 34.6 Å². The number of amides is 2. The lowest BCUT2D eigenvalue weighted by Gasteiger charge is -1.94. The van der Waals surface area contributed by atoms with Gasteiger partial charge in [-0.25, -0.2) is 0 Å². The molecule has 0 saturated heterocycles. The number of nitrogens with one attached hydrogen (secondary N) is 1. The summed E-state index contributed by atoms with van der Waals surface area (Å²) in [6.45, 7) is 4.00. The Morgan fingerprint density at radius 1 is 1.07 bits per heavy atom. The molecule has 3 N–H and O–H groups in total. The van der Waals surface area contributed by atoms with E-state index in [9.17, 15) is 9.59 Å². The van der Waals surface area contributed by atoms with Crippen LogP contribution in [-0.4, -0.2) is 11.8 Å². The number of benzene rings is 1. The first kappa shape index (κ1) is 10.2. The van der Waals surface area contributed by atoms with E-state index in [4.69, 9.17) is 5.73 Å². The summed E-state index contributed by atoms with van der Waals surface area (Å²) in [7, 11) is 0. The van der Waals surface area contributed by atoms with E-state index in [0.29, 0.717) is 16.8 Å². The van der Waals surface area contributed by atoms with Crippen LogP contribution in [0.15, 0.2) is 18.2 Å². The second kappa shape index (κ2) is 3.91. The van der Waals surface area contributed by atoms with Crippen molar-refractivity contribution in [3.63, 3.8) is 0 Å². The average Bonchev–Trinajstić information content (AvgIpc) is 2.46. The number of carbonyl (C=O) groups excluding carboxylic acids is 2. The predicted octanol–water partition coefficient (Wildman–Crippen LogP) is 1.18. The van der Waals surface area contributed by atoms with E-state index in [1.54, 1.807) is 12.1 Å². The van der Waals surface area contributed by atoms with Gasteiger partial charge in [0.25, 0.3) is 11.8 Å². The van der Waals surface area contributed by atoms with Crippen molar-refractivity contribution in [1.29, 1.82) is 0 Å². The number of anilines is 1. The lowest BCUT2D eigenvalue weighted by molar-refractivity contribution is 0.0879. The number of imide groups is 1. The van der Waals surface area contributed by atoms with E-state index < -0.39 is 0 Å². The van der Waals surface area contributed by atoms with Gasteiger partial charge in [-0.1, -0.05) is 13.8 Å². The predicted molar refractivity (Wildman–Crippen MR) is 54.0 cm³/mol. The van der Waals surface area contributed by atoms with Crippen molar-refractivity contribution in [1.82, 2.24) is 5.32 Å². The SMILES string of the molecule is CC.Nc1ccc2c(c1)C(=O)NC2=O. The molecule has 1 aromatic rings. The molecule has 1 heterocycles. The summed E-state index contributed by atoms with van der Waals surface area (Å²) >= 11 is 0. The van der Waals surface area contributed by atoms with Crippen molar-refractivity contribution >= 4 is 17.5 Å². The van der Waals surface area contributed by atoms with Crippen LogP contribution in [0, 0.1) is 0 Å². The number of carbonyl (C=O) groups is 2. The first-order valence-corrected chi connectivity index (χ1v) is 4.43. The molecular weight excluding hydrogens is 180 g/mol. The zero-order valence-electron chi connectivity index (χ0n) is 8.13. The smallest absolute Gasteiger partial charge is 0.259 e. The fourth-order valence-electron chi connectivity index (χ4n) is 1.19. The van der Waals surface area contributed by atoms with Gasteiger partial charge in [-0.2, -0.15) is 0 Å². The van der Waals surface area contributed by atoms with Crippen LogP contribution < -0.4 is 11.1 Å². The minimum Gasteiger partial charge on any atom is -0.399 e. The number of nitrogen functional groups attached to an aromatic ring is 1. The van der Waals surface area contributed by atoms with Crippen LogP contribution in [-0.2, 0) is 0 Å². The van der Waals surface area contributed by atoms with Gasteiger partial charge >= 0.3 is 0 Å².